The molecular formula is C21H22O6S. The van der Waals surface area contributed by atoms with Crippen LogP contribution in [0.5, 0.6) is 0 Å². The molecule has 148 valence electrons. The number of hydrogen-bond donors (Lipinski definition) is 1. The van der Waals surface area contributed by atoms with Crippen molar-refractivity contribution in [1.82, 2.24) is 0 Å². The molecule has 4 rings (SSSR count). The van der Waals surface area contributed by atoms with Crippen molar-refractivity contribution in [1.29, 1.82) is 0 Å². The van der Waals surface area contributed by atoms with Gasteiger partial charge in [-0.05, 0) is 12.2 Å². The number of aliphatic hydroxyl groups is 1. The first kappa shape index (κ1) is 19.4. The highest BCUT2D eigenvalue weighted by atomic mass is 32.1. The molecule has 7 heteroatoms. The second-order valence-electron chi connectivity index (χ2n) is 6.68. The van der Waals surface area contributed by atoms with E-state index in [0.717, 1.165) is 11.1 Å². The Kier molecular flexibility index (Phi) is 6.01. The average Bonchev–Trinajstić information content (AvgIpc) is 2.76. The quantitative estimate of drug-likeness (QED) is 0.789. The van der Waals surface area contributed by atoms with Gasteiger partial charge in [-0.3, -0.25) is 0 Å². The summed E-state index contributed by atoms with van der Waals surface area (Å²) in [5.74, 6) is 0. The second-order valence-corrected chi connectivity index (χ2v) is 7.05. The van der Waals surface area contributed by atoms with Crippen LogP contribution in [0.15, 0.2) is 60.7 Å². The highest BCUT2D eigenvalue weighted by molar-refractivity contribution is 7.80. The minimum Gasteiger partial charge on any atom is -0.471 e. The van der Waals surface area contributed by atoms with Crippen molar-refractivity contribution in [2.24, 2.45) is 0 Å². The highest BCUT2D eigenvalue weighted by Gasteiger charge is 2.51. The molecule has 2 aromatic carbocycles. The van der Waals surface area contributed by atoms with Gasteiger partial charge in [0.1, 0.15) is 18.3 Å². The van der Waals surface area contributed by atoms with Gasteiger partial charge in [0.2, 0.25) is 0 Å². The first-order chi connectivity index (χ1) is 13.7. The van der Waals surface area contributed by atoms with Gasteiger partial charge in [0.05, 0.1) is 6.61 Å². The SMILES string of the molecule is COC1OC2COC(c3ccccc3)OC2C(O)C1OC(=S)c1ccccc1. The summed E-state index contributed by atoms with van der Waals surface area (Å²) >= 11 is 5.39. The largest absolute Gasteiger partial charge is 0.471 e. The van der Waals surface area contributed by atoms with Crippen LogP contribution in [0, 0.1) is 0 Å². The Morgan fingerprint density at radius 3 is 2.39 bits per heavy atom. The van der Waals surface area contributed by atoms with Crippen molar-refractivity contribution in [2.45, 2.75) is 37.0 Å². The molecule has 0 amide bonds. The molecule has 2 fully saturated rings. The maximum absolute atomic E-state index is 11.0. The number of rotatable bonds is 4. The smallest absolute Gasteiger partial charge is 0.197 e. The summed E-state index contributed by atoms with van der Waals surface area (Å²) in [6, 6.07) is 18.9. The Balaban J connectivity index is 1.50. The van der Waals surface area contributed by atoms with Crippen LogP contribution in [0.2, 0.25) is 0 Å². The first-order valence-corrected chi connectivity index (χ1v) is 9.52. The second kappa shape index (κ2) is 8.65. The summed E-state index contributed by atoms with van der Waals surface area (Å²) in [6.07, 6.45) is -4.30. The van der Waals surface area contributed by atoms with E-state index in [0.29, 0.717) is 0 Å². The van der Waals surface area contributed by atoms with Gasteiger partial charge in [-0.1, -0.05) is 60.7 Å². The van der Waals surface area contributed by atoms with Crippen molar-refractivity contribution in [3.8, 4) is 0 Å². The van der Waals surface area contributed by atoms with Crippen LogP contribution in [0.3, 0.4) is 0 Å². The number of thiocarbonyl (C=S) groups is 1. The molecule has 2 aliphatic heterocycles. The Bertz CT molecular complexity index is 786. The van der Waals surface area contributed by atoms with E-state index in [1.54, 1.807) is 0 Å². The minimum absolute atomic E-state index is 0.264. The van der Waals surface area contributed by atoms with Crippen LogP contribution in [-0.2, 0) is 23.7 Å². The Morgan fingerprint density at radius 2 is 1.71 bits per heavy atom. The summed E-state index contributed by atoms with van der Waals surface area (Å²) in [6.45, 7) is 0.275. The van der Waals surface area contributed by atoms with Gasteiger partial charge in [-0.25, -0.2) is 0 Å². The molecule has 28 heavy (non-hydrogen) atoms. The molecule has 6 atom stereocenters. The van der Waals surface area contributed by atoms with Crippen LogP contribution in [0.1, 0.15) is 17.4 Å². The van der Waals surface area contributed by atoms with Crippen molar-refractivity contribution in [3.63, 3.8) is 0 Å². The Hall–Kier alpha value is -1.87. The van der Waals surface area contributed by atoms with E-state index in [2.05, 4.69) is 0 Å². The zero-order chi connectivity index (χ0) is 19.5. The number of ether oxygens (including phenoxy) is 5. The molecule has 0 aliphatic carbocycles. The predicted molar refractivity (Wildman–Crippen MR) is 105 cm³/mol. The zero-order valence-electron chi connectivity index (χ0n) is 15.3. The van der Waals surface area contributed by atoms with E-state index >= 15 is 0 Å². The van der Waals surface area contributed by atoms with E-state index in [-0.39, 0.29) is 11.7 Å². The third kappa shape index (κ3) is 3.96. The van der Waals surface area contributed by atoms with E-state index in [9.17, 15) is 5.11 Å². The molecular weight excluding hydrogens is 380 g/mol. The Labute approximate surface area is 168 Å². The number of methoxy groups -OCH3 is 1. The lowest BCUT2D eigenvalue weighted by molar-refractivity contribution is -0.356. The fourth-order valence-electron chi connectivity index (χ4n) is 3.43. The van der Waals surface area contributed by atoms with Gasteiger partial charge in [0.25, 0.3) is 0 Å². The number of benzene rings is 2. The van der Waals surface area contributed by atoms with Crippen molar-refractivity contribution < 1.29 is 28.8 Å². The van der Waals surface area contributed by atoms with Gasteiger partial charge in [0, 0.05) is 18.2 Å². The molecule has 0 spiro atoms. The molecule has 1 N–H and O–H groups in total. The Morgan fingerprint density at radius 1 is 1.04 bits per heavy atom. The summed E-state index contributed by atoms with van der Waals surface area (Å²) in [5.41, 5.74) is 1.62. The molecule has 2 saturated heterocycles. The van der Waals surface area contributed by atoms with E-state index < -0.39 is 37.0 Å². The van der Waals surface area contributed by atoms with Crippen LogP contribution >= 0.6 is 12.2 Å². The lowest BCUT2D eigenvalue weighted by atomic mass is 9.97. The van der Waals surface area contributed by atoms with E-state index in [1.807, 2.05) is 60.7 Å². The maximum Gasteiger partial charge on any atom is 0.197 e. The maximum atomic E-state index is 11.0. The molecule has 6 unspecified atom stereocenters. The monoisotopic (exact) mass is 402 g/mol. The van der Waals surface area contributed by atoms with Crippen LogP contribution in [0.25, 0.3) is 0 Å². The molecule has 0 saturated carbocycles. The molecule has 2 aliphatic rings. The number of hydrogen-bond acceptors (Lipinski definition) is 7. The number of fused-ring (bicyclic) bond motifs is 1. The van der Waals surface area contributed by atoms with Gasteiger partial charge in [0.15, 0.2) is 23.7 Å². The highest BCUT2D eigenvalue weighted by Crippen LogP contribution is 2.35. The van der Waals surface area contributed by atoms with Crippen LogP contribution in [0.4, 0.5) is 0 Å². The van der Waals surface area contributed by atoms with E-state index in [1.165, 1.54) is 7.11 Å². The average molecular weight is 402 g/mol. The molecule has 0 bridgehead atoms. The minimum atomic E-state index is -1.000. The topological polar surface area (TPSA) is 66.4 Å². The molecule has 0 aromatic heterocycles. The van der Waals surface area contributed by atoms with Gasteiger partial charge < -0.3 is 28.8 Å². The lowest BCUT2D eigenvalue weighted by Gasteiger charge is -2.47. The third-order valence-corrected chi connectivity index (χ3v) is 5.20. The summed E-state index contributed by atoms with van der Waals surface area (Å²) in [4.78, 5) is 0. The van der Waals surface area contributed by atoms with Gasteiger partial charge in [-0.15, -0.1) is 0 Å². The van der Waals surface area contributed by atoms with Crippen molar-refractivity contribution >= 4 is 17.3 Å². The normalized spacial score (nSPS) is 32.4. The standard InChI is InChI=1S/C21H22O6S/c1-23-20-18(27-21(28)14-10-6-3-7-11-14)16(22)17-15(25-20)12-24-19(26-17)13-8-4-2-5-9-13/h2-11,15-20,22H,12H2,1H3. The first-order valence-electron chi connectivity index (χ1n) is 9.11. The third-order valence-electron chi connectivity index (χ3n) is 4.87. The summed E-state index contributed by atoms with van der Waals surface area (Å²) in [5, 5.41) is 11.3. The van der Waals surface area contributed by atoms with Crippen LogP contribution < -0.4 is 0 Å². The summed E-state index contributed by atoms with van der Waals surface area (Å²) < 4.78 is 29.0. The van der Waals surface area contributed by atoms with Gasteiger partial charge in [-0.2, -0.15) is 0 Å². The predicted octanol–water partition coefficient (Wildman–Crippen LogP) is 2.59. The molecule has 2 heterocycles. The zero-order valence-corrected chi connectivity index (χ0v) is 16.2. The number of aliphatic hydroxyl groups excluding tert-OH is 1. The fraction of sp³-hybridized carbons (Fsp3) is 0.381. The van der Waals surface area contributed by atoms with E-state index in [4.69, 9.17) is 35.9 Å². The summed E-state index contributed by atoms with van der Waals surface area (Å²) in [7, 11) is 1.50. The van der Waals surface area contributed by atoms with Crippen molar-refractivity contribution in [2.75, 3.05) is 13.7 Å². The molecule has 0 radical (unpaired) electrons. The molecule has 6 nitrogen and oxygen atoms in total. The fourth-order valence-corrected chi connectivity index (χ4v) is 3.67. The van der Waals surface area contributed by atoms with Gasteiger partial charge >= 0.3 is 0 Å². The molecule has 2 aromatic rings. The van der Waals surface area contributed by atoms with Crippen LogP contribution in [-0.4, -0.2) is 54.6 Å². The lowest BCUT2D eigenvalue weighted by Crippen LogP contribution is -2.63. The van der Waals surface area contributed by atoms with Crippen molar-refractivity contribution in [3.05, 3.63) is 71.8 Å².